The first-order valence-corrected chi connectivity index (χ1v) is 10.1. The van der Waals surface area contributed by atoms with Crippen LogP contribution in [0.15, 0.2) is 21.7 Å². The predicted molar refractivity (Wildman–Crippen MR) is 114 cm³/mol. The van der Waals surface area contributed by atoms with Crippen LogP contribution in [0.2, 0.25) is 0 Å². The number of hydrogen-bond donors (Lipinski definition) is 1. The van der Waals surface area contributed by atoms with Gasteiger partial charge in [0.2, 0.25) is 12.4 Å². The number of aromatic nitrogens is 4. The van der Waals surface area contributed by atoms with Gasteiger partial charge in [-0.1, -0.05) is 12.2 Å². The molecule has 10 nitrogen and oxygen atoms in total. The van der Waals surface area contributed by atoms with E-state index in [4.69, 9.17) is 4.84 Å². The molecule has 3 rings (SSSR count). The fourth-order valence-corrected chi connectivity index (χ4v) is 3.69. The number of nitrogens with zero attached hydrogens (tertiary/aromatic N) is 5. The van der Waals surface area contributed by atoms with Crippen molar-refractivity contribution >= 4 is 23.5 Å². The van der Waals surface area contributed by atoms with Gasteiger partial charge in [-0.2, -0.15) is 4.98 Å². The number of fused-ring (bicyclic) bond motifs is 1. The van der Waals surface area contributed by atoms with Crippen LogP contribution in [0.5, 0.6) is 0 Å². The van der Waals surface area contributed by atoms with Gasteiger partial charge in [0.25, 0.3) is 5.56 Å². The Bertz CT molecular complexity index is 1060. The Morgan fingerprint density at radius 2 is 2.07 bits per heavy atom. The number of amides is 1. The largest absolute Gasteiger partial charge is 0.340 e. The number of carbonyl (C=O) groups excluding carboxylic acids is 1. The molecule has 1 saturated heterocycles. The number of anilines is 1. The highest BCUT2D eigenvalue weighted by Gasteiger charge is 2.31. The zero-order chi connectivity index (χ0) is 22.1. The molecule has 30 heavy (non-hydrogen) atoms. The van der Waals surface area contributed by atoms with E-state index in [1.807, 2.05) is 49.3 Å². The van der Waals surface area contributed by atoms with Gasteiger partial charge in [0.05, 0.1) is 11.6 Å². The maximum Gasteiger partial charge on any atom is 0.329 e. The minimum absolute atomic E-state index is 0.146. The number of nitrogens with one attached hydrogen (secondary N) is 1. The highest BCUT2D eigenvalue weighted by Crippen LogP contribution is 2.25. The molecule has 3 heterocycles. The molecule has 1 atom stereocenters. The first-order chi connectivity index (χ1) is 14.2. The third kappa shape index (κ3) is 4.33. The van der Waals surface area contributed by atoms with Crippen molar-refractivity contribution in [3.63, 3.8) is 0 Å². The number of aryl methyl sites for hydroxylation is 1. The second-order valence-electron chi connectivity index (χ2n) is 8.49. The van der Waals surface area contributed by atoms with Gasteiger partial charge in [0, 0.05) is 26.7 Å². The molecule has 0 radical (unpaired) electrons. The summed E-state index contributed by atoms with van der Waals surface area (Å²) in [6, 6.07) is -0.146. The average molecular weight is 418 g/mol. The molecule has 0 spiro atoms. The Kier molecular flexibility index (Phi) is 6.16. The van der Waals surface area contributed by atoms with Gasteiger partial charge >= 0.3 is 5.69 Å². The van der Waals surface area contributed by atoms with Crippen LogP contribution in [0, 0.1) is 0 Å². The van der Waals surface area contributed by atoms with Crippen LogP contribution in [0.3, 0.4) is 0 Å². The molecule has 1 fully saturated rings. The molecule has 1 aliphatic heterocycles. The minimum atomic E-state index is -0.503. The molecule has 0 aromatic carbocycles. The molecule has 2 aromatic rings. The lowest BCUT2D eigenvalue weighted by atomic mass is 10.1. The van der Waals surface area contributed by atoms with Crippen molar-refractivity contribution in [2.75, 3.05) is 18.0 Å². The molecule has 0 aliphatic carbocycles. The van der Waals surface area contributed by atoms with Gasteiger partial charge in [-0.15, -0.1) is 0 Å². The summed E-state index contributed by atoms with van der Waals surface area (Å²) in [7, 11) is 1.59. The molecule has 164 valence electrons. The number of aromatic amines is 1. The Morgan fingerprint density at radius 3 is 2.70 bits per heavy atom. The van der Waals surface area contributed by atoms with Crippen molar-refractivity contribution in [3.8, 4) is 0 Å². The Morgan fingerprint density at radius 1 is 1.33 bits per heavy atom. The van der Waals surface area contributed by atoms with E-state index in [-0.39, 0.29) is 6.04 Å². The van der Waals surface area contributed by atoms with Gasteiger partial charge in [-0.3, -0.25) is 24.0 Å². The summed E-state index contributed by atoms with van der Waals surface area (Å²) in [5.41, 5.74) is -0.769. The molecule has 10 heteroatoms. The quantitative estimate of drug-likeness (QED) is 0.429. The van der Waals surface area contributed by atoms with Crippen LogP contribution in [-0.2, 0) is 23.2 Å². The van der Waals surface area contributed by atoms with Crippen LogP contribution in [0.25, 0.3) is 11.2 Å². The highest BCUT2D eigenvalue weighted by molar-refractivity contribution is 5.74. The number of H-pyrrole nitrogens is 1. The summed E-state index contributed by atoms with van der Waals surface area (Å²) in [6.45, 7) is 9.28. The number of carbonyl (C=O) groups is 1. The number of rotatable bonds is 6. The molecule has 1 amide bonds. The lowest BCUT2D eigenvalue weighted by molar-refractivity contribution is -0.232. The van der Waals surface area contributed by atoms with E-state index >= 15 is 0 Å². The number of allylic oxidation sites excluding steroid dienone is 2. The van der Waals surface area contributed by atoms with E-state index in [1.54, 1.807) is 7.05 Å². The van der Waals surface area contributed by atoms with Crippen molar-refractivity contribution < 1.29 is 9.63 Å². The second kappa shape index (κ2) is 8.47. The number of hydroxylamine groups is 2. The fraction of sp³-hybridized carbons (Fsp3) is 0.600. The van der Waals surface area contributed by atoms with E-state index in [0.717, 1.165) is 25.8 Å². The summed E-state index contributed by atoms with van der Waals surface area (Å²) in [5, 5.41) is 1.38. The van der Waals surface area contributed by atoms with E-state index in [9.17, 15) is 14.4 Å². The SMILES string of the molecule is C/C=C/Cn1c(N2CCC[C@@H](N(C=O)OC(C)(C)C)C2)nc2c1c(=O)[nH]c(=O)n2C. The zero-order valence-corrected chi connectivity index (χ0v) is 18.2. The lowest BCUT2D eigenvalue weighted by Crippen LogP contribution is -2.50. The number of hydrogen-bond acceptors (Lipinski definition) is 6. The van der Waals surface area contributed by atoms with Crippen LogP contribution in [-0.4, -0.2) is 55.3 Å². The molecular formula is C20H30N6O4. The minimum Gasteiger partial charge on any atom is -0.340 e. The number of imidazole rings is 1. The van der Waals surface area contributed by atoms with E-state index in [0.29, 0.717) is 30.2 Å². The van der Waals surface area contributed by atoms with Crippen LogP contribution >= 0.6 is 0 Å². The average Bonchev–Trinajstić information content (AvgIpc) is 3.08. The molecule has 1 aliphatic rings. The van der Waals surface area contributed by atoms with E-state index < -0.39 is 16.9 Å². The van der Waals surface area contributed by atoms with Gasteiger partial charge in [-0.05, 0) is 40.5 Å². The molecule has 0 saturated carbocycles. The standard InChI is InChI=1S/C20H30N6O4/c1-6-7-11-25-15-16(23(5)19(29)22-17(15)28)21-18(25)24-10-8-9-14(12-24)26(13-27)30-20(2,3)4/h6-7,13-14H,8-12H2,1-5H3,(H,22,28,29)/b7-6+/t14-/m1/s1. The maximum absolute atomic E-state index is 12.6. The molecule has 0 unspecified atom stereocenters. The predicted octanol–water partition coefficient (Wildman–Crippen LogP) is 1.16. The van der Waals surface area contributed by atoms with Crippen molar-refractivity contribution in [3.05, 3.63) is 33.0 Å². The second-order valence-corrected chi connectivity index (χ2v) is 8.49. The van der Waals surface area contributed by atoms with Crippen molar-refractivity contribution in [1.29, 1.82) is 0 Å². The number of piperidine rings is 1. The van der Waals surface area contributed by atoms with Crippen LogP contribution in [0.4, 0.5) is 5.95 Å². The third-order valence-corrected chi connectivity index (χ3v) is 5.03. The van der Waals surface area contributed by atoms with E-state index in [1.165, 1.54) is 9.63 Å². The summed E-state index contributed by atoms with van der Waals surface area (Å²) in [4.78, 5) is 51.1. The van der Waals surface area contributed by atoms with Crippen molar-refractivity contribution in [2.45, 2.75) is 58.7 Å². The van der Waals surface area contributed by atoms with Crippen molar-refractivity contribution in [1.82, 2.24) is 24.2 Å². The van der Waals surface area contributed by atoms with E-state index in [2.05, 4.69) is 9.97 Å². The maximum atomic E-state index is 12.6. The Balaban J connectivity index is 2.03. The molecule has 2 aromatic heterocycles. The molecular weight excluding hydrogens is 388 g/mol. The van der Waals surface area contributed by atoms with Gasteiger partial charge < -0.3 is 9.47 Å². The van der Waals surface area contributed by atoms with Gasteiger partial charge in [-0.25, -0.2) is 9.86 Å². The first kappa shape index (κ1) is 21.8. The highest BCUT2D eigenvalue weighted by atomic mass is 16.7. The molecule has 1 N–H and O–H groups in total. The third-order valence-electron chi connectivity index (χ3n) is 5.03. The van der Waals surface area contributed by atoms with Gasteiger partial charge in [0.1, 0.15) is 0 Å². The lowest BCUT2D eigenvalue weighted by Gasteiger charge is -2.39. The normalized spacial score (nSPS) is 17.8. The summed E-state index contributed by atoms with van der Waals surface area (Å²) < 4.78 is 3.15. The smallest absolute Gasteiger partial charge is 0.329 e. The van der Waals surface area contributed by atoms with Crippen LogP contribution in [0.1, 0.15) is 40.5 Å². The summed E-state index contributed by atoms with van der Waals surface area (Å²) in [6.07, 6.45) is 6.19. The monoisotopic (exact) mass is 418 g/mol. The summed E-state index contributed by atoms with van der Waals surface area (Å²) in [5.74, 6) is 0.598. The Labute approximate surface area is 174 Å². The first-order valence-electron chi connectivity index (χ1n) is 10.1. The van der Waals surface area contributed by atoms with Gasteiger partial charge in [0.15, 0.2) is 11.2 Å². The Hall–Kier alpha value is -2.88. The molecule has 0 bridgehead atoms. The fourth-order valence-electron chi connectivity index (χ4n) is 3.69. The zero-order valence-electron chi connectivity index (χ0n) is 18.2. The van der Waals surface area contributed by atoms with Crippen LogP contribution < -0.4 is 16.1 Å². The topological polar surface area (TPSA) is 105 Å². The van der Waals surface area contributed by atoms with Crippen molar-refractivity contribution in [2.24, 2.45) is 7.05 Å². The summed E-state index contributed by atoms with van der Waals surface area (Å²) >= 11 is 0.